The van der Waals surface area contributed by atoms with Crippen LogP contribution in [-0.2, 0) is 11.3 Å². The van der Waals surface area contributed by atoms with E-state index in [1.165, 1.54) is 5.56 Å². The first kappa shape index (κ1) is 23.6. The minimum absolute atomic E-state index is 0.0985. The van der Waals surface area contributed by atoms with E-state index in [0.29, 0.717) is 24.7 Å². The van der Waals surface area contributed by atoms with E-state index in [1.807, 2.05) is 18.2 Å². The largest absolute Gasteiger partial charge is 0.493 e. The number of hydrogen-bond acceptors (Lipinski definition) is 5. The second kappa shape index (κ2) is 12.7. The number of methoxy groups -OCH3 is 1. The maximum atomic E-state index is 12.2. The van der Waals surface area contributed by atoms with Crippen LogP contribution in [-0.4, -0.2) is 68.7 Å². The van der Waals surface area contributed by atoms with E-state index in [9.17, 15) is 4.79 Å². The van der Waals surface area contributed by atoms with Crippen LogP contribution in [0.2, 0.25) is 0 Å². The van der Waals surface area contributed by atoms with Crippen LogP contribution in [0.25, 0.3) is 6.08 Å². The standard InChI is InChI=1S/C26H33N3O3/c1-3-19-32-24-11-9-22(20-25(24)31-2)10-12-26(30)27-13-14-28-15-17-29(18-16-28)21-23-7-5-4-6-8-23/h3-12,20H,1,13-19,21H2,2H3,(H,27,30)/b12-10+. The Balaban J connectivity index is 1.36. The molecule has 32 heavy (non-hydrogen) atoms. The Morgan fingerprint density at radius 3 is 2.53 bits per heavy atom. The number of nitrogens with one attached hydrogen (secondary N) is 1. The molecule has 6 nitrogen and oxygen atoms in total. The zero-order valence-corrected chi connectivity index (χ0v) is 18.8. The van der Waals surface area contributed by atoms with Crippen molar-refractivity contribution in [2.24, 2.45) is 0 Å². The van der Waals surface area contributed by atoms with Gasteiger partial charge in [0.05, 0.1) is 7.11 Å². The Morgan fingerprint density at radius 2 is 1.81 bits per heavy atom. The summed E-state index contributed by atoms with van der Waals surface area (Å²) in [6.45, 7) is 10.7. The molecule has 1 amide bonds. The quantitative estimate of drug-likeness (QED) is 0.434. The van der Waals surface area contributed by atoms with Crippen molar-refractivity contribution in [3.05, 3.63) is 78.4 Å². The van der Waals surface area contributed by atoms with Gasteiger partial charge in [-0.3, -0.25) is 14.6 Å². The Labute approximate surface area is 191 Å². The average molecular weight is 436 g/mol. The highest BCUT2D eigenvalue weighted by Gasteiger charge is 2.16. The summed E-state index contributed by atoms with van der Waals surface area (Å²) in [5, 5.41) is 2.97. The van der Waals surface area contributed by atoms with Crippen LogP contribution >= 0.6 is 0 Å². The van der Waals surface area contributed by atoms with E-state index in [4.69, 9.17) is 9.47 Å². The van der Waals surface area contributed by atoms with Gasteiger partial charge in [0.15, 0.2) is 11.5 Å². The highest BCUT2D eigenvalue weighted by Crippen LogP contribution is 2.28. The fourth-order valence-electron chi connectivity index (χ4n) is 3.64. The molecule has 1 aliphatic heterocycles. The van der Waals surface area contributed by atoms with Crippen LogP contribution in [0, 0.1) is 0 Å². The Bertz CT molecular complexity index is 890. The molecule has 1 aliphatic rings. The third kappa shape index (κ3) is 7.55. The van der Waals surface area contributed by atoms with Crippen molar-refractivity contribution in [1.82, 2.24) is 15.1 Å². The summed E-state index contributed by atoms with van der Waals surface area (Å²) in [7, 11) is 1.60. The van der Waals surface area contributed by atoms with Crippen molar-refractivity contribution in [1.29, 1.82) is 0 Å². The van der Waals surface area contributed by atoms with Gasteiger partial charge in [0.25, 0.3) is 0 Å². The lowest BCUT2D eigenvalue weighted by atomic mass is 10.2. The molecular weight excluding hydrogens is 402 g/mol. The number of piperazine rings is 1. The Morgan fingerprint density at radius 1 is 1.06 bits per heavy atom. The summed E-state index contributed by atoms with van der Waals surface area (Å²) >= 11 is 0. The van der Waals surface area contributed by atoms with Crippen molar-refractivity contribution in [2.45, 2.75) is 6.54 Å². The van der Waals surface area contributed by atoms with Crippen molar-refractivity contribution >= 4 is 12.0 Å². The van der Waals surface area contributed by atoms with Crippen LogP contribution in [0.5, 0.6) is 11.5 Å². The van der Waals surface area contributed by atoms with Gasteiger partial charge in [-0.05, 0) is 29.3 Å². The zero-order valence-electron chi connectivity index (χ0n) is 18.8. The number of nitrogens with zero attached hydrogens (tertiary/aromatic N) is 2. The Hall–Kier alpha value is -3.09. The van der Waals surface area contributed by atoms with Gasteiger partial charge in [-0.15, -0.1) is 0 Å². The zero-order chi connectivity index (χ0) is 22.6. The summed E-state index contributed by atoms with van der Waals surface area (Å²) in [5.41, 5.74) is 2.23. The molecule has 2 aromatic carbocycles. The number of hydrogen-bond donors (Lipinski definition) is 1. The second-order valence-corrected chi connectivity index (χ2v) is 7.74. The molecule has 0 radical (unpaired) electrons. The third-order valence-electron chi connectivity index (χ3n) is 5.41. The summed E-state index contributed by atoms with van der Waals surface area (Å²) < 4.78 is 10.9. The van der Waals surface area contributed by atoms with Gasteiger partial charge in [0.2, 0.25) is 5.91 Å². The average Bonchev–Trinajstić information content (AvgIpc) is 2.83. The lowest BCUT2D eigenvalue weighted by Gasteiger charge is -2.34. The van der Waals surface area contributed by atoms with E-state index >= 15 is 0 Å². The van der Waals surface area contributed by atoms with Crippen molar-refractivity contribution in [3.8, 4) is 11.5 Å². The van der Waals surface area contributed by atoms with Gasteiger partial charge in [0, 0.05) is 51.9 Å². The molecule has 1 saturated heterocycles. The number of carbonyl (C=O) groups excluding carboxylic acids is 1. The molecule has 1 N–H and O–H groups in total. The van der Waals surface area contributed by atoms with Crippen LogP contribution < -0.4 is 14.8 Å². The molecule has 0 aromatic heterocycles. The molecule has 170 valence electrons. The fourth-order valence-corrected chi connectivity index (χ4v) is 3.64. The van der Waals surface area contributed by atoms with Gasteiger partial charge < -0.3 is 14.8 Å². The fraction of sp³-hybridized carbons (Fsp3) is 0.346. The summed E-state index contributed by atoms with van der Waals surface area (Å²) in [6, 6.07) is 16.2. The summed E-state index contributed by atoms with van der Waals surface area (Å²) in [6.07, 6.45) is 5.01. The monoisotopic (exact) mass is 435 g/mol. The number of ether oxygens (including phenoxy) is 2. The minimum Gasteiger partial charge on any atom is -0.493 e. The van der Waals surface area contributed by atoms with Crippen LogP contribution in [0.4, 0.5) is 0 Å². The van der Waals surface area contributed by atoms with Gasteiger partial charge in [-0.25, -0.2) is 0 Å². The maximum Gasteiger partial charge on any atom is 0.244 e. The topological polar surface area (TPSA) is 54.0 Å². The van der Waals surface area contributed by atoms with Crippen molar-refractivity contribution in [3.63, 3.8) is 0 Å². The molecule has 0 saturated carbocycles. The van der Waals surface area contributed by atoms with Gasteiger partial charge in [-0.2, -0.15) is 0 Å². The number of carbonyl (C=O) groups is 1. The van der Waals surface area contributed by atoms with Crippen LogP contribution in [0.3, 0.4) is 0 Å². The molecule has 0 atom stereocenters. The molecule has 0 spiro atoms. The molecule has 3 rings (SSSR count). The predicted octanol–water partition coefficient (Wildman–Crippen LogP) is 3.21. The van der Waals surface area contributed by atoms with Crippen molar-refractivity contribution < 1.29 is 14.3 Å². The molecule has 1 fully saturated rings. The first-order valence-electron chi connectivity index (χ1n) is 11.0. The van der Waals surface area contributed by atoms with Gasteiger partial charge >= 0.3 is 0 Å². The molecule has 1 heterocycles. The third-order valence-corrected chi connectivity index (χ3v) is 5.41. The molecule has 0 aliphatic carbocycles. The molecule has 2 aromatic rings. The first-order chi connectivity index (χ1) is 15.7. The normalized spacial score (nSPS) is 14.9. The second-order valence-electron chi connectivity index (χ2n) is 7.74. The lowest BCUT2D eigenvalue weighted by molar-refractivity contribution is -0.116. The van der Waals surface area contributed by atoms with Gasteiger partial charge in [0.1, 0.15) is 6.61 Å². The highest BCUT2D eigenvalue weighted by atomic mass is 16.5. The minimum atomic E-state index is -0.0985. The number of amides is 1. The van der Waals surface area contributed by atoms with Crippen LogP contribution in [0.15, 0.2) is 67.3 Å². The van der Waals surface area contributed by atoms with Crippen molar-refractivity contribution in [2.75, 3.05) is 53.0 Å². The molecule has 0 bridgehead atoms. The summed E-state index contributed by atoms with van der Waals surface area (Å²) in [5.74, 6) is 1.18. The van der Waals surface area contributed by atoms with E-state index in [1.54, 1.807) is 25.3 Å². The molecule has 6 heteroatoms. The Kier molecular flexibility index (Phi) is 9.35. The lowest BCUT2D eigenvalue weighted by Crippen LogP contribution is -2.47. The number of benzene rings is 2. The maximum absolute atomic E-state index is 12.2. The first-order valence-corrected chi connectivity index (χ1v) is 11.0. The molecule has 0 unspecified atom stereocenters. The van der Waals surface area contributed by atoms with Crippen LogP contribution in [0.1, 0.15) is 11.1 Å². The molecular formula is C26H33N3O3. The smallest absolute Gasteiger partial charge is 0.244 e. The van der Waals surface area contributed by atoms with E-state index in [0.717, 1.165) is 44.8 Å². The predicted molar refractivity (Wildman–Crippen MR) is 129 cm³/mol. The highest BCUT2D eigenvalue weighted by molar-refractivity contribution is 5.91. The number of rotatable bonds is 11. The van der Waals surface area contributed by atoms with E-state index in [-0.39, 0.29) is 5.91 Å². The van der Waals surface area contributed by atoms with E-state index < -0.39 is 0 Å². The summed E-state index contributed by atoms with van der Waals surface area (Å²) in [4.78, 5) is 17.1. The van der Waals surface area contributed by atoms with E-state index in [2.05, 4.69) is 52.0 Å². The van der Waals surface area contributed by atoms with Gasteiger partial charge in [-0.1, -0.05) is 49.1 Å². The SMILES string of the molecule is C=CCOc1ccc(/C=C/C(=O)NCCN2CCN(Cc3ccccc3)CC2)cc1OC.